The zero-order chi connectivity index (χ0) is 8.55. The minimum atomic E-state index is 0.444. The van der Waals surface area contributed by atoms with Gasteiger partial charge in [0.1, 0.15) is 11.5 Å². The van der Waals surface area contributed by atoms with E-state index in [9.17, 15) is 0 Å². The summed E-state index contributed by atoms with van der Waals surface area (Å²) in [6, 6.07) is 3.51. The Morgan fingerprint density at radius 1 is 1.50 bits per heavy atom. The Bertz CT molecular complexity index is 351. The summed E-state index contributed by atoms with van der Waals surface area (Å²) >= 11 is 0. The number of anilines is 1. The molecule has 3 N–H and O–H groups in total. The molecule has 12 heavy (non-hydrogen) atoms. The summed E-state index contributed by atoms with van der Waals surface area (Å²) in [5.74, 6) is 1.09. The molecule has 5 nitrogen and oxygen atoms in total. The summed E-state index contributed by atoms with van der Waals surface area (Å²) in [4.78, 5) is 0. The molecule has 0 aromatic carbocycles. The Hall–Kier alpha value is -1.78. The second-order valence-corrected chi connectivity index (χ2v) is 2.54. The minimum absolute atomic E-state index is 0.444. The number of hydrogen-bond donors (Lipinski definition) is 2. The van der Waals surface area contributed by atoms with Gasteiger partial charge in [0.15, 0.2) is 5.76 Å². The molecule has 2 aromatic heterocycles. The maximum atomic E-state index is 5.42. The molecule has 0 aliphatic carbocycles. The molecule has 0 amide bonds. The first-order valence-corrected chi connectivity index (χ1v) is 3.50. The van der Waals surface area contributed by atoms with Gasteiger partial charge < -0.3 is 10.3 Å². The van der Waals surface area contributed by atoms with E-state index in [-0.39, 0.29) is 0 Å². The summed E-state index contributed by atoms with van der Waals surface area (Å²) in [7, 11) is 0. The van der Waals surface area contributed by atoms with Crippen LogP contribution in [0.15, 0.2) is 16.7 Å². The minimum Gasteiger partial charge on any atom is -0.382 e. The maximum Gasteiger partial charge on any atom is 0.184 e. The van der Waals surface area contributed by atoms with Gasteiger partial charge in [0.25, 0.3) is 0 Å². The van der Waals surface area contributed by atoms with Gasteiger partial charge in [-0.15, -0.1) is 0 Å². The monoisotopic (exact) mass is 164 g/mol. The number of aromatic amines is 1. The third-order valence-electron chi connectivity index (χ3n) is 1.49. The lowest BCUT2D eigenvalue weighted by molar-refractivity contribution is 0.426. The Labute approximate surface area is 68.6 Å². The van der Waals surface area contributed by atoms with Crippen molar-refractivity contribution < 1.29 is 4.52 Å². The Morgan fingerprint density at radius 2 is 2.33 bits per heavy atom. The van der Waals surface area contributed by atoms with Crippen molar-refractivity contribution in [2.75, 3.05) is 5.73 Å². The van der Waals surface area contributed by atoms with Crippen LogP contribution in [0.2, 0.25) is 0 Å². The van der Waals surface area contributed by atoms with Crippen molar-refractivity contribution in [3.8, 4) is 11.5 Å². The van der Waals surface area contributed by atoms with Crippen LogP contribution >= 0.6 is 0 Å². The van der Waals surface area contributed by atoms with Crippen molar-refractivity contribution in [1.82, 2.24) is 15.4 Å². The van der Waals surface area contributed by atoms with Gasteiger partial charge in [0.2, 0.25) is 0 Å². The van der Waals surface area contributed by atoms with Crippen LogP contribution in [0.25, 0.3) is 11.5 Å². The summed E-state index contributed by atoms with van der Waals surface area (Å²) in [6.07, 6.45) is 0. The molecule has 0 radical (unpaired) electrons. The molecule has 0 aliphatic rings. The molecular formula is C7H8N4O. The van der Waals surface area contributed by atoms with E-state index in [2.05, 4.69) is 15.4 Å². The summed E-state index contributed by atoms with van der Waals surface area (Å²) in [5, 5.41) is 10.2. The van der Waals surface area contributed by atoms with Gasteiger partial charge in [0.05, 0.1) is 5.69 Å². The highest BCUT2D eigenvalue weighted by atomic mass is 16.5. The van der Waals surface area contributed by atoms with Gasteiger partial charge in [-0.1, -0.05) is 5.16 Å². The molecule has 2 rings (SSSR count). The predicted molar refractivity (Wildman–Crippen MR) is 43.2 cm³/mol. The van der Waals surface area contributed by atoms with Crippen molar-refractivity contribution in [2.45, 2.75) is 6.92 Å². The molecule has 62 valence electrons. The highest BCUT2D eigenvalue weighted by Gasteiger charge is 2.05. The lowest BCUT2D eigenvalue weighted by Gasteiger charge is -1.83. The van der Waals surface area contributed by atoms with Gasteiger partial charge in [-0.2, -0.15) is 5.10 Å². The van der Waals surface area contributed by atoms with Crippen LogP contribution in [0.4, 0.5) is 5.82 Å². The normalized spacial score (nSPS) is 10.4. The third kappa shape index (κ3) is 1.05. The molecular weight excluding hydrogens is 156 g/mol. The van der Waals surface area contributed by atoms with Crippen LogP contribution in [-0.2, 0) is 0 Å². The van der Waals surface area contributed by atoms with Crippen molar-refractivity contribution in [3.05, 3.63) is 17.8 Å². The van der Waals surface area contributed by atoms with Crippen molar-refractivity contribution in [2.24, 2.45) is 0 Å². The first-order chi connectivity index (χ1) is 5.75. The lowest BCUT2D eigenvalue weighted by Crippen LogP contribution is -1.81. The maximum absolute atomic E-state index is 5.42. The summed E-state index contributed by atoms with van der Waals surface area (Å²) < 4.78 is 4.99. The molecule has 0 unspecified atom stereocenters. The van der Waals surface area contributed by atoms with E-state index in [1.165, 1.54) is 0 Å². The Balaban J connectivity index is 2.43. The summed E-state index contributed by atoms with van der Waals surface area (Å²) in [5.41, 5.74) is 6.99. The predicted octanol–water partition coefficient (Wildman–Crippen LogP) is 0.955. The molecule has 0 saturated carbocycles. The van der Waals surface area contributed by atoms with E-state index in [0.717, 1.165) is 11.4 Å². The second-order valence-electron chi connectivity index (χ2n) is 2.54. The van der Waals surface area contributed by atoms with Crippen LogP contribution < -0.4 is 5.73 Å². The van der Waals surface area contributed by atoms with Crippen LogP contribution in [0.3, 0.4) is 0 Å². The quantitative estimate of drug-likeness (QED) is 0.657. The van der Waals surface area contributed by atoms with E-state index >= 15 is 0 Å². The second kappa shape index (κ2) is 2.37. The zero-order valence-corrected chi connectivity index (χ0v) is 6.53. The molecule has 0 fully saturated rings. The first-order valence-electron chi connectivity index (χ1n) is 3.50. The van der Waals surface area contributed by atoms with Crippen LogP contribution in [0, 0.1) is 6.92 Å². The molecule has 0 saturated heterocycles. The van der Waals surface area contributed by atoms with Gasteiger partial charge in [-0.3, -0.25) is 5.10 Å². The highest BCUT2D eigenvalue weighted by Crippen LogP contribution is 2.18. The van der Waals surface area contributed by atoms with Gasteiger partial charge in [0, 0.05) is 12.1 Å². The number of H-pyrrole nitrogens is 1. The fourth-order valence-corrected chi connectivity index (χ4v) is 0.954. The number of nitrogens with one attached hydrogen (secondary N) is 1. The van der Waals surface area contributed by atoms with Gasteiger partial charge in [-0.25, -0.2) is 0 Å². The Kier molecular flexibility index (Phi) is 1.36. The number of hydrogen-bond acceptors (Lipinski definition) is 4. The van der Waals surface area contributed by atoms with Crippen molar-refractivity contribution in [3.63, 3.8) is 0 Å². The number of nitrogens with zero attached hydrogens (tertiary/aromatic N) is 2. The number of nitrogen functional groups attached to an aromatic ring is 1. The topological polar surface area (TPSA) is 80.7 Å². The lowest BCUT2D eigenvalue weighted by atomic mass is 10.3. The zero-order valence-electron chi connectivity index (χ0n) is 6.53. The van der Waals surface area contributed by atoms with Crippen LogP contribution in [-0.4, -0.2) is 15.4 Å². The first kappa shape index (κ1) is 6.90. The van der Waals surface area contributed by atoms with Crippen LogP contribution in [0.1, 0.15) is 5.69 Å². The molecule has 0 aliphatic heterocycles. The van der Waals surface area contributed by atoms with Gasteiger partial charge >= 0.3 is 0 Å². The average molecular weight is 164 g/mol. The largest absolute Gasteiger partial charge is 0.382 e. The van der Waals surface area contributed by atoms with Gasteiger partial charge in [-0.05, 0) is 6.92 Å². The third-order valence-corrected chi connectivity index (χ3v) is 1.49. The summed E-state index contributed by atoms with van der Waals surface area (Å²) in [6.45, 7) is 1.85. The number of nitrogens with two attached hydrogens (primary N) is 1. The van der Waals surface area contributed by atoms with E-state index in [0.29, 0.717) is 11.6 Å². The fourth-order valence-electron chi connectivity index (χ4n) is 0.954. The standard InChI is InChI=1S/C7H8N4O/c1-4-2-6(12-11-4)5-3-7(8)10-9-5/h2-3H,1H3,(H3,8,9,10). The van der Waals surface area contributed by atoms with Crippen molar-refractivity contribution >= 4 is 5.82 Å². The van der Waals surface area contributed by atoms with E-state index in [1.807, 2.05) is 13.0 Å². The molecule has 0 spiro atoms. The molecule has 2 heterocycles. The van der Waals surface area contributed by atoms with E-state index in [1.54, 1.807) is 6.07 Å². The average Bonchev–Trinajstić information content (AvgIpc) is 2.58. The number of rotatable bonds is 1. The smallest absolute Gasteiger partial charge is 0.184 e. The fraction of sp³-hybridized carbons (Fsp3) is 0.143. The number of aryl methyl sites for hydroxylation is 1. The highest BCUT2D eigenvalue weighted by molar-refractivity contribution is 5.55. The molecule has 2 aromatic rings. The number of aromatic nitrogens is 3. The van der Waals surface area contributed by atoms with E-state index in [4.69, 9.17) is 10.3 Å². The molecule has 0 bridgehead atoms. The van der Waals surface area contributed by atoms with Crippen LogP contribution in [0.5, 0.6) is 0 Å². The van der Waals surface area contributed by atoms with E-state index < -0.39 is 0 Å². The Morgan fingerprint density at radius 3 is 2.83 bits per heavy atom. The molecule has 0 atom stereocenters. The molecule has 5 heteroatoms. The SMILES string of the molecule is Cc1cc(-c2cc(N)n[nH]2)on1. The van der Waals surface area contributed by atoms with Crippen molar-refractivity contribution in [1.29, 1.82) is 0 Å².